The molecule has 0 spiro atoms. The molecule has 7 heteroatoms. The molecule has 2 atom stereocenters. The highest BCUT2D eigenvalue weighted by molar-refractivity contribution is 6.01. The van der Waals surface area contributed by atoms with Gasteiger partial charge in [-0.3, -0.25) is 4.79 Å². The molecule has 1 fully saturated rings. The number of ether oxygens (including phenoxy) is 1. The van der Waals surface area contributed by atoms with Gasteiger partial charge in [0.2, 0.25) is 5.91 Å². The maximum Gasteiger partial charge on any atom is 0.335 e. The Morgan fingerprint density at radius 3 is 2.37 bits per heavy atom. The van der Waals surface area contributed by atoms with Gasteiger partial charge >= 0.3 is 12.0 Å². The van der Waals surface area contributed by atoms with Crippen LogP contribution in [0.5, 0.6) is 5.75 Å². The van der Waals surface area contributed by atoms with Gasteiger partial charge in [0.15, 0.2) is 6.23 Å². The standard InChI is InChI=1S/C20H20N2O5/c1-2-16-17(23)22(20(26)21-12-13-6-4-3-5-7-13)18(16)27-15-10-8-14(9-11-15)19(24)25/h3-11,16,18H,2,12H2,1H3,(H,21,26)(H,24,25)/t16-,18+/m1/s1. The first kappa shape index (κ1) is 18.4. The molecule has 0 aromatic heterocycles. The molecular weight excluding hydrogens is 348 g/mol. The van der Waals surface area contributed by atoms with Crippen LogP contribution in [0.15, 0.2) is 54.6 Å². The number of nitrogens with one attached hydrogen (secondary N) is 1. The molecular formula is C20H20N2O5. The number of amides is 3. The number of carbonyl (C=O) groups is 3. The zero-order chi connectivity index (χ0) is 19.4. The molecule has 1 aliphatic heterocycles. The van der Waals surface area contributed by atoms with Crippen molar-refractivity contribution in [2.75, 3.05) is 0 Å². The van der Waals surface area contributed by atoms with Crippen molar-refractivity contribution in [2.45, 2.75) is 26.1 Å². The van der Waals surface area contributed by atoms with E-state index in [0.717, 1.165) is 10.5 Å². The summed E-state index contributed by atoms with van der Waals surface area (Å²) >= 11 is 0. The Labute approximate surface area is 156 Å². The lowest BCUT2D eigenvalue weighted by Gasteiger charge is -2.44. The first-order valence-corrected chi connectivity index (χ1v) is 8.66. The van der Waals surface area contributed by atoms with Crippen molar-refractivity contribution in [3.05, 3.63) is 65.7 Å². The average Bonchev–Trinajstić information content (AvgIpc) is 2.67. The van der Waals surface area contributed by atoms with E-state index in [2.05, 4.69) is 5.32 Å². The summed E-state index contributed by atoms with van der Waals surface area (Å²) in [6.45, 7) is 2.16. The minimum absolute atomic E-state index is 0.136. The summed E-state index contributed by atoms with van der Waals surface area (Å²) in [5.41, 5.74) is 1.06. The van der Waals surface area contributed by atoms with Gasteiger partial charge < -0.3 is 15.2 Å². The molecule has 2 N–H and O–H groups in total. The Bertz CT molecular complexity index is 835. The molecule has 1 saturated heterocycles. The van der Waals surface area contributed by atoms with E-state index in [-0.39, 0.29) is 11.5 Å². The molecule has 3 amide bonds. The van der Waals surface area contributed by atoms with Gasteiger partial charge in [0.25, 0.3) is 0 Å². The van der Waals surface area contributed by atoms with Gasteiger partial charge in [-0.05, 0) is 36.2 Å². The summed E-state index contributed by atoms with van der Waals surface area (Å²) in [6, 6.07) is 14.7. The van der Waals surface area contributed by atoms with E-state index in [9.17, 15) is 14.4 Å². The number of carboxylic acid groups (broad SMARTS) is 1. The molecule has 0 saturated carbocycles. The summed E-state index contributed by atoms with van der Waals surface area (Å²) in [6.07, 6.45) is -0.173. The summed E-state index contributed by atoms with van der Waals surface area (Å²) in [5, 5.41) is 11.7. The summed E-state index contributed by atoms with van der Waals surface area (Å²) < 4.78 is 5.80. The largest absolute Gasteiger partial charge is 0.478 e. The van der Waals surface area contributed by atoms with Crippen LogP contribution in [0.4, 0.5) is 4.79 Å². The van der Waals surface area contributed by atoms with E-state index in [1.54, 1.807) is 0 Å². The zero-order valence-electron chi connectivity index (χ0n) is 14.8. The third kappa shape index (κ3) is 3.92. The maximum atomic E-state index is 12.5. The van der Waals surface area contributed by atoms with E-state index < -0.39 is 24.1 Å². The van der Waals surface area contributed by atoms with Crippen LogP contribution in [-0.2, 0) is 11.3 Å². The first-order chi connectivity index (χ1) is 13.0. The predicted molar refractivity (Wildman–Crippen MR) is 97.1 cm³/mol. The number of carbonyl (C=O) groups excluding carboxylic acids is 2. The molecule has 140 valence electrons. The quantitative estimate of drug-likeness (QED) is 0.765. The fourth-order valence-electron chi connectivity index (χ4n) is 2.92. The first-order valence-electron chi connectivity index (χ1n) is 8.66. The molecule has 0 bridgehead atoms. The second kappa shape index (κ2) is 7.90. The number of benzene rings is 2. The SMILES string of the molecule is CC[C@@H]1C(=O)N(C(=O)NCc2ccccc2)[C@H]1Oc1ccc(C(=O)O)cc1. The average molecular weight is 368 g/mol. The maximum absolute atomic E-state index is 12.5. The fourth-order valence-corrected chi connectivity index (χ4v) is 2.92. The van der Waals surface area contributed by atoms with Crippen LogP contribution in [0.2, 0.25) is 0 Å². The Hall–Kier alpha value is -3.35. The minimum atomic E-state index is -1.03. The molecule has 1 aliphatic rings. The number of urea groups is 1. The second-order valence-corrected chi connectivity index (χ2v) is 6.21. The van der Waals surface area contributed by atoms with Crippen LogP contribution >= 0.6 is 0 Å². The molecule has 1 heterocycles. The smallest absolute Gasteiger partial charge is 0.335 e. The third-order valence-electron chi connectivity index (χ3n) is 4.46. The van der Waals surface area contributed by atoms with Gasteiger partial charge in [-0.25, -0.2) is 14.5 Å². The van der Waals surface area contributed by atoms with Crippen LogP contribution in [0, 0.1) is 5.92 Å². The van der Waals surface area contributed by atoms with Crippen molar-refractivity contribution in [2.24, 2.45) is 5.92 Å². The van der Waals surface area contributed by atoms with E-state index in [0.29, 0.717) is 18.7 Å². The molecule has 27 heavy (non-hydrogen) atoms. The zero-order valence-corrected chi connectivity index (χ0v) is 14.8. The summed E-state index contributed by atoms with van der Waals surface area (Å²) in [7, 11) is 0. The lowest BCUT2D eigenvalue weighted by atomic mass is 9.93. The van der Waals surface area contributed by atoms with E-state index in [1.807, 2.05) is 37.3 Å². The summed E-state index contributed by atoms with van der Waals surface area (Å²) in [4.78, 5) is 36.7. The monoisotopic (exact) mass is 368 g/mol. The number of nitrogens with zero attached hydrogens (tertiary/aromatic N) is 1. The van der Waals surface area contributed by atoms with Crippen LogP contribution in [0.3, 0.4) is 0 Å². The van der Waals surface area contributed by atoms with E-state index >= 15 is 0 Å². The highest BCUT2D eigenvalue weighted by Gasteiger charge is 2.51. The lowest BCUT2D eigenvalue weighted by molar-refractivity contribution is -0.167. The highest BCUT2D eigenvalue weighted by Crippen LogP contribution is 2.32. The van der Waals surface area contributed by atoms with Crippen LogP contribution in [-0.4, -0.2) is 34.1 Å². The normalized spacial score (nSPS) is 18.6. The van der Waals surface area contributed by atoms with Crippen molar-refractivity contribution in [1.29, 1.82) is 0 Å². The Morgan fingerprint density at radius 2 is 1.78 bits per heavy atom. The Morgan fingerprint density at radius 1 is 1.11 bits per heavy atom. The fraction of sp³-hybridized carbons (Fsp3) is 0.250. The number of β-lactam (4-membered cyclic amide) rings is 1. The lowest BCUT2D eigenvalue weighted by Crippen LogP contribution is -2.67. The number of likely N-dealkylation sites (tertiary alicyclic amines) is 1. The van der Waals surface area contributed by atoms with Crippen molar-refractivity contribution in [3.8, 4) is 5.75 Å². The molecule has 2 aromatic rings. The molecule has 0 aliphatic carbocycles. The number of hydrogen-bond acceptors (Lipinski definition) is 4. The van der Waals surface area contributed by atoms with Crippen molar-refractivity contribution < 1.29 is 24.2 Å². The van der Waals surface area contributed by atoms with Crippen molar-refractivity contribution in [3.63, 3.8) is 0 Å². The topological polar surface area (TPSA) is 95.9 Å². The number of rotatable bonds is 6. The van der Waals surface area contributed by atoms with E-state index in [1.165, 1.54) is 24.3 Å². The predicted octanol–water partition coefficient (Wildman–Crippen LogP) is 2.87. The third-order valence-corrected chi connectivity index (χ3v) is 4.46. The van der Waals surface area contributed by atoms with Gasteiger partial charge in [-0.1, -0.05) is 37.3 Å². The Balaban J connectivity index is 1.67. The number of carboxylic acids is 1. The molecule has 2 aromatic carbocycles. The van der Waals surface area contributed by atoms with Gasteiger partial charge in [0, 0.05) is 6.54 Å². The summed E-state index contributed by atoms with van der Waals surface area (Å²) in [5.74, 6) is -1.33. The van der Waals surface area contributed by atoms with Crippen LogP contribution in [0.25, 0.3) is 0 Å². The number of aromatic carboxylic acids is 1. The van der Waals surface area contributed by atoms with E-state index in [4.69, 9.17) is 9.84 Å². The van der Waals surface area contributed by atoms with Crippen LogP contribution < -0.4 is 10.1 Å². The molecule has 3 rings (SSSR count). The second-order valence-electron chi connectivity index (χ2n) is 6.21. The number of imide groups is 1. The van der Waals surface area contributed by atoms with Gasteiger partial charge in [-0.2, -0.15) is 0 Å². The van der Waals surface area contributed by atoms with Gasteiger partial charge in [-0.15, -0.1) is 0 Å². The molecule has 0 radical (unpaired) electrons. The van der Waals surface area contributed by atoms with Gasteiger partial charge in [0.05, 0.1) is 11.5 Å². The minimum Gasteiger partial charge on any atom is -0.478 e. The highest BCUT2D eigenvalue weighted by atomic mass is 16.5. The van der Waals surface area contributed by atoms with Crippen LogP contribution in [0.1, 0.15) is 29.3 Å². The molecule has 7 nitrogen and oxygen atoms in total. The van der Waals surface area contributed by atoms with Crippen molar-refractivity contribution >= 4 is 17.9 Å². The van der Waals surface area contributed by atoms with Crippen molar-refractivity contribution in [1.82, 2.24) is 10.2 Å². The van der Waals surface area contributed by atoms with Gasteiger partial charge in [0.1, 0.15) is 5.75 Å². The number of hydrogen-bond donors (Lipinski definition) is 2. The Kier molecular flexibility index (Phi) is 5.40. The molecule has 0 unspecified atom stereocenters.